The van der Waals surface area contributed by atoms with Crippen LogP contribution in [0.5, 0.6) is 11.5 Å². The van der Waals surface area contributed by atoms with Gasteiger partial charge in [-0.3, -0.25) is 9.79 Å². The Morgan fingerprint density at radius 1 is 1.28 bits per heavy atom. The van der Waals surface area contributed by atoms with E-state index < -0.39 is 0 Å². The maximum absolute atomic E-state index is 12.0. The van der Waals surface area contributed by atoms with Crippen molar-refractivity contribution >= 4 is 41.5 Å². The van der Waals surface area contributed by atoms with Crippen molar-refractivity contribution in [1.82, 2.24) is 10.2 Å². The predicted molar refractivity (Wildman–Crippen MR) is 129 cm³/mol. The molecule has 0 aromatic heterocycles. The van der Waals surface area contributed by atoms with Gasteiger partial charge in [0.25, 0.3) is 0 Å². The van der Waals surface area contributed by atoms with Crippen LogP contribution in [-0.4, -0.2) is 56.2 Å². The molecule has 2 N–H and O–H groups in total. The molecule has 1 aliphatic rings. The third-order valence-corrected chi connectivity index (χ3v) is 4.82. The average molecular weight is 518 g/mol. The Morgan fingerprint density at radius 3 is 2.66 bits per heavy atom. The van der Waals surface area contributed by atoms with E-state index in [0.29, 0.717) is 25.3 Å². The highest BCUT2D eigenvalue weighted by atomic mass is 127. The van der Waals surface area contributed by atoms with Crippen LogP contribution in [0.15, 0.2) is 23.2 Å². The van der Waals surface area contributed by atoms with Crippen molar-refractivity contribution in [3.63, 3.8) is 0 Å². The van der Waals surface area contributed by atoms with Crippen LogP contribution in [0.4, 0.5) is 5.69 Å². The first-order valence-corrected chi connectivity index (χ1v) is 10.3. The lowest BCUT2D eigenvalue weighted by Crippen LogP contribution is -2.36. The molecule has 0 radical (unpaired) electrons. The minimum Gasteiger partial charge on any atom is -0.493 e. The number of carbonyl (C=O) groups excluding carboxylic acids is 1. The van der Waals surface area contributed by atoms with E-state index in [2.05, 4.69) is 17.6 Å². The summed E-state index contributed by atoms with van der Waals surface area (Å²) in [5, 5.41) is 6.58. The van der Waals surface area contributed by atoms with Crippen molar-refractivity contribution in [2.45, 2.75) is 52.5 Å². The smallest absolute Gasteiger partial charge is 0.222 e. The molecular formula is C21H35IN4O3. The van der Waals surface area contributed by atoms with Crippen molar-refractivity contribution in [1.29, 1.82) is 0 Å². The van der Waals surface area contributed by atoms with E-state index in [4.69, 9.17) is 14.5 Å². The number of guanidine groups is 1. The van der Waals surface area contributed by atoms with Crippen molar-refractivity contribution in [2.24, 2.45) is 4.99 Å². The van der Waals surface area contributed by atoms with E-state index in [-0.39, 0.29) is 35.9 Å². The number of nitrogens with zero attached hydrogens (tertiary/aromatic N) is 2. The molecule has 1 aromatic rings. The Hall–Kier alpha value is -1.71. The minimum atomic E-state index is 0. The fraction of sp³-hybridized carbons (Fsp3) is 0.619. The third kappa shape index (κ3) is 7.56. The zero-order chi connectivity index (χ0) is 20.4. The molecule has 7 nitrogen and oxygen atoms in total. The number of rotatable bonds is 10. The fourth-order valence-electron chi connectivity index (χ4n) is 3.42. The lowest BCUT2D eigenvalue weighted by Gasteiger charge is -2.26. The topological polar surface area (TPSA) is 75.2 Å². The summed E-state index contributed by atoms with van der Waals surface area (Å²) in [6, 6.07) is 6.00. The summed E-state index contributed by atoms with van der Waals surface area (Å²) in [5.41, 5.74) is 0.877. The lowest BCUT2D eigenvalue weighted by atomic mass is 10.1. The Balaban J connectivity index is 0.00000420. The van der Waals surface area contributed by atoms with Crippen molar-refractivity contribution in [2.75, 3.05) is 38.7 Å². The molecule has 1 amide bonds. The normalized spacial score (nSPS) is 15.0. The van der Waals surface area contributed by atoms with Gasteiger partial charge in [0.15, 0.2) is 17.5 Å². The summed E-state index contributed by atoms with van der Waals surface area (Å²) in [4.78, 5) is 18.7. The average Bonchev–Trinajstić information content (AvgIpc) is 3.12. The molecule has 0 spiro atoms. The number of anilines is 1. The van der Waals surface area contributed by atoms with E-state index in [9.17, 15) is 4.79 Å². The molecule has 0 aliphatic carbocycles. The van der Waals surface area contributed by atoms with Crippen LogP contribution in [0.3, 0.4) is 0 Å². The molecule has 1 heterocycles. The number of methoxy groups -OCH3 is 1. The van der Waals surface area contributed by atoms with Crippen molar-refractivity contribution in [3.8, 4) is 11.5 Å². The number of halogens is 1. The van der Waals surface area contributed by atoms with Crippen LogP contribution in [0.25, 0.3) is 0 Å². The molecule has 0 bridgehead atoms. The van der Waals surface area contributed by atoms with Gasteiger partial charge in [0.2, 0.25) is 5.91 Å². The molecule has 1 aliphatic heterocycles. The quantitative estimate of drug-likeness (QED) is 0.280. The van der Waals surface area contributed by atoms with Gasteiger partial charge in [-0.2, -0.15) is 0 Å². The monoisotopic (exact) mass is 518 g/mol. The second kappa shape index (κ2) is 13.5. The number of benzene rings is 1. The number of nitrogens with one attached hydrogen (secondary N) is 2. The molecule has 1 aromatic carbocycles. The summed E-state index contributed by atoms with van der Waals surface area (Å²) in [6.07, 6.45) is 3.48. The number of ether oxygens (including phenoxy) is 2. The summed E-state index contributed by atoms with van der Waals surface area (Å²) >= 11 is 0. The Kier molecular flexibility index (Phi) is 11.8. The fourth-order valence-corrected chi connectivity index (χ4v) is 3.42. The third-order valence-electron chi connectivity index (χ3n) is 4.82. The lowest BCUT2D eigenvalue weighted by molar-refractivity contribution is -0.129. The van der Waals surface area contributed by atoms with E-state index in [1.807, 2.05) is 36.9 Å². The second-order valence-electron chi connectivity index (χ2n) is 6.73. The number of amides is 1. The zero-order valence-electron chi connectivity index (χ0n) is 18.0. The summed E-state index contributed by atoms with van der Waals surface area (Å²) in [7, 11) is 1.63. The molecule has 1 unspecified atom stereocenters. The van der Waals surface area contributed by atoms with Crippen LogP contribution in [-0.2, 0) is 4.79 Å². The van der Waals surface area contributed by atoms with Gasteiger partial charge < -0.3 is 25.0 Å². The van der Waals surface area contributed by atoms with Crippen LogP contribution in [0, 0.1) is 0 Å². The van der Waals surface area contributed by atoms with Gasteiger partial charge in [-0.25, -0.2) is 0 Å². The molecule has 1 saturated heterocycles. The van der Waals surface area contributed by atoms with Crippen molar-refractivity contribution < 1.29 is 14.3 Å². The van der Waals surface area contributed by atoms with Gasteiger partial charge in [-0.1, -0.05) is 6.92 Å². The summed E-state index contributed by atoms with van der Waals surface area (Å²) in [5.74, 6) is 2.40. The molecule has 0 saturated carbocycles. The summed E-state index contributed by atoms with van der Waals surface area (Å²) in [6.45, 7) is 9.01. The number of hydrogen-bond donors (Lipinski definition) is 2. The van der Waals surface area contributed by atoms with E-state index in [1.165, 1.54) is 0 Å². The molecule has 1 fully saturated rings. The number of carbonyl (C=O) groups is 1. The Labute approximate surface area is 191 Å². The Morgan fingerprint density at radius 2 is 2.07 bits per heavy atom. The van der Waals surface area contributed by atoms with Gasteiger partial charge in [-0.15, -0.1) is 24.0 Å². The van der Waals surface area contributed by atoms with Gasteiger partial charge in [-0.05, 0) is 45.2 Å². The number of hydrogen-bond acceptors (Lipinski definition) is 4. The molecule has 8 heteroatoms. The van der Waals surface area contributed by atoms with Crippen LogP contribution >= 0.6 is 24.0 Å². The highest BCUT2D eigenvalue weighted by molar-refractivity contribution is 14.0. The van der Waals surface area contributed by atoms with Gasteiger partial charge in [0.05, 0.1) is 13.7 Å². The first-order valence-electron chi connectivity index (χ1n) is 10.3. The molecule has 2 rings (SSSR count). The van der Waals surface area contributed by atoms with Gasteiger partial charge >= 0.3 is 0 Å². The van der Waals surface area contributed by atoms with Crippen LogP contribution in [0.2, 0.25) is 0 Å². The largest absolute Gasteiger partial charge is 0.493 e. The second-order valence-corrected chi connectivity index (χ2v) is 6.73. The van der Waals surface area contributed by atoms with Crippen LogP contribution in [0.1, 0.15) is 46.5 Å². The number of aliphatic imine (C=N–C) groups is 1. The predicted octanol–water partition coefficient (Wildman–Crippen LogP) is 3.88. The molecule has 1 atom stereocenters. The Bertz CT molecular complexity index is 669. The highest BCUT2D eigenvalue weighted by Gasteiger charge is 2.26. The van der Waals surface area contributed by atoms with E-state index in [0.717, 1.165) is 49.7 Å². The minimum absolute atomic E-state index is 0. The number of likely N-dealkylation sites (tertiary alicyclic amines) is 1. The van der Waals surface area contributed by atoms with E-state index >= 15 is 0 Å². The van der Waals surface area contributed by atoms with Crippen LogP contribution < -0.4 is 20.1 Å². The standard InChI is InChI=1S/C21H34N4O3.HI/c1-5-17(25-14-8-9-20(25)26)12-13-23-21(22-6-2)24-16-10-11-18(28-7-3)19(15-16)27-4;/h10-11,15,17H,5-9,12-14H2,1-4H3,(H2,22,23,24);1H. The SMILES string of the molecule is CCNC(=NCCC(CC)N1CCCC1=O)Nc1ccc(OCC)c(OC)c1.I. The highest BCUT2D eigenvalue weighted by Crippen LogP contribution is 2.30. The molecular weight excluding hydrogens is 483 g/mol. The van der Waals surface area contributed by atoms with Gasteiger partial charge in [0, 0.05) is 43.9 Å². The van der Waals surface area contributed by atoms with Crippen molar-refractivity contribution in [3.05, 3.63) is 18.2 Å². The molecule has 29 heavy (non-hydrogen) atoms. The van der Waals surface area contributed by atoms with Gasteiger partial charge in [0.1, 0.15) is 0 Å². The molecule has 164 valence electrons. The first kappa shape index (κ1) is 25.3. The summed E-state index contributed by atoms with van der Waals surface area (Å²) < 4.78 is 11.0. The zero-order valence-corrected chi connectivity index (χ0v) is 20.3. The maximum atomic E-state index is 12.0. The van der Waals surface area contributed by atoms with E-state index in [1.54, 1.807) is 7.11 Å². The first-order chi connectivity index (χ1) is 13.6. The maximum Gasteiger partial charge on any atom is 0.222 e.